The van der Waals surface area contributed by atoms with Crippen LogP contribution >= 0.6 is 0 Å². The summed E-state index contributed by atoms with van der Waals surface area (Å²) >= 11 is 0. The van der Waals surface area contributed by atoms with Crippen LogP contribution in [0.25, 0.3) is 0 Å². The molecule has 1 aromatic rings. The molecule has 0 atom stereocenters. The van der Waals surface area contributed by atoms with E-state index in [1.54, 1.807) is 0 Å². The first-order valence-electron chi connectivity index (χ1n) is 8.18. The topological polar surface area (TPSA) is 58.1 Å². The maximum absolute atomic E-state index is 12.1. The average Bonchev–Trinajstić information content (AvgIpc) is 3.40. The van der Waals surface area contributed by atoms with Gasteiger partial charge in [0.15, 0.2) is 0 Å². The summed E-state index contributed by atoms with van der Waals surface area (Å²) < 4.78 is 0. The molecule has 2 saturated carbocycles. The van der Waals surface area contributed by atoms with Crippen molar-refractivity contribution in [3.63, 3.8) is 0 Å². The van der Waals surface area contributed by atoms with Gasteiger partial charge in [0.05, 0.1) is 0 Å². The molecule has 0 unspecified atom stereocenters. The van der Waals surface area contributed by atoms with Crippen LogP contribution in [0.1, 0.15) is 50.3 Å². The fourth-order valence-corrected chi connectivity index (χ4v) is 3.00. The van der Waals surface area contributed by atoms with Crippen molar-refractivity contribution < 1.29 is 4.79 Å². The van der Waals surface area contributed by atoms with Crippen molar-refractivity contribution in [1.82, 2.24) is 15.3 Å². The summed E-state index contributed by atoms with van der Waals surface area (Å²) in [5.41, 5.74) is 0. The molecule has 3 fully saturated rings. The van der Waals surface area contributed by atoms with Crippen molar-refractivity contribution in [3.05, 3.63) is 18.1 Å². The Kier molecular flexibility index (Phi) is 3.28. The van der Waals surface area contributed by atoms with Gasteiger partial charge in [-0.15, -0.1) is 0 Å². The summed E-state index contributed by atoms with van der Waals surface area (Å²) in [6.45, 7) is 1.84. The van der Waals surface area contributed by atoms with Crippen LogP contribution in [0.15, 0.2) is 12.3 Å². The van der Waals surface area contributed by atoms with Crippen LogP contribution in [-0.4, -0.2) is 35.0 Å². The van der Waals surface area contributed by atoms with E-state index in [0.717, 1.165) is 50.4 Å². The molecule has 1 aromatic heterocycles. The maximum Gasteiger partial charge on any atom is 0.223 e. The highest BCUT2D eigenvalue weighted by molar-refractivity contribution is 5.79. The fraction of sp³-hybridized carbons (Fsp3) is 0.688. The van der Waals surface area contributed by atoms with Crippen LogP contribution in [-0.2, 0) is 4.79 Å². The third-order valence-corrected chi connectivity index (χ3v) is 4.72. The van der Waals surface area contributed by atoms with E-state index in [1.165, 1.54) is 12.8 Å². The third kappa shape index (κ3) is 3.01. The van der Waals surface area contributed by atoms with E-state index in [4.69, 9.17) is 4.98 Å². The zero-order valence-corrected chi connectivity index (χ0v) is 12.3. The molecular formula is C16H22N4O. The highest BCUT2D eigenvalue weighted by Crippen LogP contribution is 2.38. The molecule has 1 N–H and O–H groups in total. The maximum atomic E-state index is 12.1. The van der Waals surface area contributed by atoms with Crippen molar-refractivity contribution in [2.75, 3.05) is 18.0 Å². The zero-order chi connectivity index (χ0) is 14.2. The molecule has 2 aliphatic carbocycles. The molecule has 21 heavy (non-hydrogen) atoms. The predicted molar refractivity (Wildman–Crippen MR) is 80.1 cm³/mol. The average molecular weight is 286 g/mol. The number of amides is 1. The summed E-state index contributed by atoms with van der Waals surface area (Å²) in [6.07, 6.45) is 8.52. The Labute approximate surface area is 125 Å². The minimum absolute atomic E-state index is 0.187. The Morgan fingerprint density at radius 2 is 1.90 bits per heavy atom. The van der Waals surface area contributed by atoms with Gasteiger partial charge in [-0.25, -0.2) is 9.97 Å². The molecule has 112 valence electrons. The number of carbonyl (C=O) groups is 1. The molecule has 1 aliphatic heterocycles. The lowest BCUT2D eigenvalue weighted by Crippen LogP contribution is -2.41. The molecule has 4 rings (SSSR count). The van der Waals surface area contributed by atoms with Crippen molar-refractivity contribution in [2.45, 2.75) is 50.5 Å². The number of carbonyl (C=O) groups excluding carboxylic acids is 1. The van der Waals surface area contributed by atoms with Gasteiger partial charge >= 0.3 is 0 Å². The van der Waals surface area contributed by atoms with Gasteiger partial charge in [0.25, 0.3) is 0 Å². The number of nitrogens with zero attached hydrogens (tertiary/aromatic N) is 3. The predicted octanol–water partition coefficient (Wildman–Crippen LogP) is 1.85. The highest BCUT2D eigenvalue weighted by Gasteiger charge is 2.31. The Morgan fingerprint density at radius 1 is 1.14 bits per heavy atom. The normalized spacial score (nSPS) is 23.1. The van der Waals surface area contributed by atoms with E-state index in [-0.39, 0.29) is 11.8 Å². The van der Waals surface area contributed by atoms with Gasteiger partial charge in [-0.2, -0.15) is 0 Å². The van der Waals surface area contributed by atoms with E-state index >= 15 is 0 Å². The summed E-state index contributed by atoms with van der Waals surface area (Å²) in [7, 11) is 0. The standard InChI is InChI=1S/C16H22N4O/c21-16(18-13-3-4-13)12-6-9-20(10-7-12)14-5-8-17-15(19-14)11-1-2-11/h5,8,11-13H,1-4,6-7,9-10H2,(H,18,21). The second-order valence-corrected chi connectivity index (χ2v) is 6.59. The summed E-state index contributed by atoms with van der Waals surface area (Å²) in [5.74, 6) is 3.07. The van der Waals surface area contributed by atoms with E-state index in [0.29, 0.717) is 12.0 Å². The minimum atomic E-state index is 0.187. The lowest BCUT2D eigenvalue weighted by Gasteiger charge is -2.32. The van der Waals surface area contributed by atoms with Crippen LogP contribution in [0.5, 0.6) is 0 Å². The molecule has 1 saturated heterocycles. The quantitative estimate of drug-likeness (QED) is 0.917. The second kappa shape index (κ2) is 5.28. The van der Waals surface area contributed by atoms with Crippen molar-refractivity contribution in [1.29, 1.82) is 0 Å². The zero-order valence-electron chi connectivity index (χ0n) is 12.3. The van der Waals surface area contributed by atoms with Gasteiger partial charge in [-0.05, 0) is 44.6 Å². The highest BCUT2D eigenvalue weighted by atomic mass is 16.2. The third-order valence-electron chi connectivity index (χ3n) is 4.72. The minimum Gasteiger partial charge on any atom is -0.356 e. The number of hydrogen-bond donors (Lipinski definition) is 1. The molecule has 0 radical (unpaired) electrons. The Hall–Kier alpha value is -1.65. The number of hydrogen-bond acceptors (Lipinski definition) is 4. The fourth-order valence-electron chi connectivity index (χ4n) is 3.00. The Balaban J connectivity index is 1.35. The van der Waals surface area contributed by atoms with Gasteiger partial charge in [0.1, 0.15) is 11.6 Å². The lowest BCUT2D eigenvalue weighted by atomic mass is 9.96. The number of rotatable bonds is 4. The van der Waals surface area contributed by atoms with Crippen LogP contribution in [0.4, 0.5) is 5.82 Å². The number of nitrogens with one attached hydrogen (secondary N) is 1. The van der Waals surface area contributed by atoms with Crippen molar-refractivity contribution in [2.24, 2.45) is 5.92 Å². The van der Waals surface area contributed by atoms with Gasteiger partial charge in [0.2, 0.25) is 5.91 Å². The first kappa shape index (κ1) is 13.0. The van der Waals surface area contributed by atoms with Gasteiger partial charge < -0.3 is 10.2 Å². The van der Waals surface area contributed by atoms with Gasteiger partial charge in [0, 0.05) is 37.2 Å². The Morgan fingerprint density at radius 3 is 2.57 bits per heavy atom. The van der Waals surface area contributed by atoms with Crippen molar-refractivity contribution >= 4 is 11.7 Å². The number of piperidine rings is 1. The molecule has 1 amide bonds. The molecule has 5 heteroatoms. The molecule has 0 spiro atoms. The van der Waals surface area contributed by atoms with Crippen LogP contribution in [0, 0.1) is 5.92 Å². The van der Waals surface area contributed by atoms with E-state index < -0.39 is 0 Å². The monoisotopic (exact) mass is 286 g/mol. The van der Waals surface area contributed by atoms with Crippen LogP contribution in [0.3, 0.4) is 0 Å². The number of anilines is 1. The Bertz CT molecular complexity index is 531. The van der Waals surface area contributed by atoms with Gasteiger partial charge in [-0.3, -0.25) is 4.79 Å². The summed E-state index contributed by atoms with van der Waals surface area (Å²) in [4.78, 5) is 23.5. The molecule has 0 bridgehead atoms. The second-order valence-electron chi connectivity index (χ2n) is 6.59. The SMILES string of the molecule is O=C(NC1CC1)C1CCN(c2ccnc(C3CC3)n2)CC1. The van der Waals surface area contributed by atoms with Crippen LogP contribution in [0.2, 0.25) is 0 Å². The molecule has 5 nitrogen and oxygen atoms in total. The van der Waals surface area contributed by atoms with Gasteiger partial charge in [-0.1, -0.05) is 0 Å². The smallest absolute Gasteiger partial charge is 0.223 e. The first-order valence-corrected chi connectivity index (χ1v) is 8.18. The lowest BCUT2D eigenvalue weighted by molar-refractivity contribution is -0.125. The van der Waals surface area contributed by atoms with Crippen LogP contribution < -0.4 is 10.2 Å². The number of aromatic nitrogens is 2. The van der Waals surface area contributed by atoms with Crippen molar-refractivity contribution in [3.8, 4) is 0 Å². The summed E-state index contributed by atoms with van der Waals surface area (Å²) in [6, 6.07) is 2.47. The summed E-state index contributed by atoms with van der Waals surface area (Å²) in [5, 5.41) is 3.13. The van der Waals surface area contributed by atoms with E-state index in [1.807, 2.05) is 12.3 Å². The first-order chi connectivity index (χ1) is 10.3. The molecular weight excluding hydrogens is 264 g/mol. The molecule has 2 heterocycles. The molecule has 0 aromatic carbocycles. The largest absolute Gasteiger partial charge is 0.356 e. The van der Waals surface area contributed by atoms with E-state index in [2.05, 4.69) is 15.2 Å². The molecule has 3 aliphatic rings. The van der Waals surface area contributed by atoms with E-state index in [9.17, 15) is 4.79 Å².